The summed E-state index contributed by atoms with van der Waals surface area (Å²) in [7, 11) is 0. The molecule has 3 nitrogen and oxygen atoms in total. The number of amides is 1. The summed E-state index contributed by atoms with van der Waals surface area (Å²) < 4.78 is 0. The Balaban J connectivity index is 2.18. The predicted molar refractivity (Wildman–Crippen MR) is 64.9 cm³/mol. The van der Waals surface area contributed by atoms with Gasteiger partial charge >= 0.3 is 0 Å². The average Bonchev–Trinajstić information content (AvgIpc) is 2.63. The molecule has 1 aromatic rings. The highest BCUT2D eigenvalue weighted by atomic mass is 16.1. The van der Waals surface area contributed by atoms with Gasteiger partial charge < -0.3 is 11.1 Å². The fourth-order valence-corrected chi connectivity index (χ4v) is 2.17. The van der Waals surface area contributed by atoms with Gasteiger partial charge in [0, 0.05) is 11.6 Å². The van der Waals surface area contributed by atoms with Gasteiger partial charge in [0.05, 0.1) is 6.04 Å². The summed E-state index contributed by atoms with van der Waals surface area (Å²) in [6.45, 7) is 3.81. The number of carbonyl (C=O) groups is 1. The minimum atomic E-state index is 0.0325. The van der Waals surface area contributed by atoms with Crippen LogP contribution < -0.4 is 11.1 Å². The van der Waals surface area contributed by atoms with Crippen LogP contribution in [0.25, 0.3) is 0 Å². The topological polar surface area (TPSA) is 55.1 Å². The number of nitrogens with one attached hydrogen (secondary N) is 1. The highest BCUT2D eigenvalue weighted by molar-refractivity contribution is 5.78. The van der Waals surface area contributed by atoms with Crippen LogP contribution in [0.5, 0.6) is 0 Å². The molecule has 0 fully saturated rings. The van der Waals surface area contributed by atoms with E-state index >= 15 is 0 Å². The number of nitrogens with two attached hydrogens (primary N) is 1. The summed E-state index contributed by atoms with van der Waals surface area (Å²) in [4.78, 5) is 11.7. The molecule has 86 valence electrons. The summed E-state index contributed by atoms with van der Waals surface area (Å²) in [5.74, 6) is 0.144. The van der Waals surface area contributed by atoms with Gasteiger partial charge in [-0.2, -0.15) is 0 Å². The van der Waals surface area contributed by atoms with Crippen molar-refractivity contribution in [1.29, 1.82) is 0 Å². The van der Waals surface area contributed by atoms with Crippen molar-refractivity contribution in [2.45, 2.75) is 32.7 Å². The first-order valence-corrected chi connectivity index (χ1v) is 5.77. The molecule has 0 spiro atoms. The van der Waals surface area contributed by atoms with Crippen LogP contribution in [0.4, 0.5) is 5.69 Å². The van der Waals surface area contributed by atoms with Crippen LogP contribution in [0, 0.1) is 5.92 Å². The Hall–Kier alpha value is -1.51. The average molecular weight is 218 g/mol. The second-order valence-electron chi connectivity index (χ2n) is 4.67. The molecule has 0 aromatic heterocycles. The molecule has 16 heavy (non-hydrogen) atoms. The Kier molecular flexibility index (Phi) is 2.86. The molecule has 0 saturated heterocycles. The van der Waals surface area contributed by atoms with Gasteiger partial charge in [-0.05, 0) is 30.0 Å². The molecule has 0 bridgehead atoms. The summed E-state index contributed by atoms with van der Waals surface area (Å²) in [5, 5.41) is 3.07. The SMILES string of the molecule is CC(C)C(=O)N[C@@H]1CCc2c(N)cccc21. The Bertz CT molecular complexity index is 412. The lowest BCUT2D eigenvalue weighted by Crippen LogP contribution is -2.30. The lowest BCUT2D eigenvalue weighted by atomic mass is 10.1. The maximum atomic E-state index is 11.7. The molecule has 1 aliphatic carbocycles. The molecule has 1 atom stereocenters. The van der Waals surface area contributed by atoms with Crippen molar-refractivity contribution < 1.29 is 4.79 Å². The first-order chi connectivity index (χ1) is 7.59. The summed E-state index contributed by atoms with van der Waals surface area (Å²) in [6, 6.07) is 6.08. The Morgan fingerprint density at radius 1 is 1.50 bits per heavy atom. The minimum Gasteiger partial charge on any atom is -0.398 e. The van der Waals surface area contributed by atoms with Gasteiger partial charge in [0.15, 0.2) is 0 Å². The summed E-state index contributed by atoms with van der Waals surface area (Å²) >= 11 is 0. The summed E-state index contributed by atoms with van der Waals surface area (Å²) in [5.41, 5.74) is 9.15. The Morgan fingerprint density at radius 2 is 2.25 bits per heavy atom. The lowest BCUT2D eigenvalue weighted by molar-refractivity contribution is -0.124. The molecule has 1 amide bonds. The highest BCUT2D eigenvalue weighted by Gasteiger charge is 2.25. The van der Waals surface area contributed by atoms with E-state index in [1.54, 1.807) is 0 Å². The standard InChI is InChI=1S/C13H18N2O/c1-8(2)13(16)15-12-7-6-9-10(12)4-3-5-11(9)14/h3-5,8,12H,6-7,14H2,1-2H3,(H,15,16)/t12-/m1/s1. The fraction of sp³-hybridized carbons (Fsp3) is 0.462. The van der Waals surface area contributed by atoms with Crippen molar-refractivity contribution in [3.05, 3.63) is 29.3 Å². The predicted octanol–water partition coefficient (Wildman–Crippen LogP) is 2.03. The monoisotopic (exact) mass is 218 g/mol. The van der Waals surface area contributed by atoms with E-state index in [1.165, 1.54) is 11.1 Å². The second-order valence-corrected chi connectivity index (χ2v) is 4.67. The number of fused-ring (bicyclic) bond motifs is 1. The maximum absolute atomic E-state index is 11.7. The van der Waals surface area contributed by atoms with Crippen molar-refractivity contribution in [3.8, 4) is 0 Å². The van der Waals surface area contributed by atoms with Crippen molar-refractivity contribution in [3.63, 3.8) is 0 Å². The quantitative estimate of drug-likeness (QED) is 0.746. The van der Waals surface area contributed by atoms with E-state index in [4.69, 9.17) is 5.73 Å². The van der Waals surface area contributed by atoms with E-state index in [-0.39, 0.29) is 17.9 Å². The number of benzene rings is 1. The van der Waals surface area contributed by atoms with Crippen molar-refractivity contribution in [1.82, 2.24) is 5.32 Å². The van der Waals surface area contributed by atoms with Gasteiger partial charge in [-0.15, -0.1) is 0 Å². The number of carbonyl (C=O) groups excluding carboxylic acids is 1. The van der Waals surface area contributed by atoms with Crippen LogP contribution >= 0.6 is 0 Å². The first-order valence-electron chi connectivity index (χ1n) is 5.77. The van der Waals surface area contributed by atoms with Crippen LogP contribution in [-0.2, 0) is 11.2 Å². The number of hydrogen-bond donors (Lipinski definition) is 2. The fourth-order valence-electron chi connectivity index (χ4n) is 2.17. The lowest BCUT2D eigenvalue weighted by Gasteiger charge is -2.16. The second kappa shape index (κ2) is 4.16. The van der Waals surface area contributed by atoms with Gasteiger partial charge in [0.1, 0.15) is 0 Å². The van der Waals surface area contributed by atoms with E-state index in [9.17, 15) is 4.79 Å². The first kappa shape index (κ1) is 11.0. The van der Waals surface area contributed by atoms with Crippen LogP contribution in [0.2, 0.25) is 0 Å². The third-order valence-corrected chi connectivity index (χ3v) is 3.15. The normalized spacial score (nSPS) is 18.6. The van der Waals surface area contributed by atoms with E-state index in [0.717, 1.165) is 18.5 Å². The van der Waals surface area contributed by atoms with Crippen LogP contribution in [0.15, 0.2) is 18.2 Å². The van der Waals surface area contributed by atoms with Crippen molar-refractivity contribution >= 4 is 11.6 Å². The zero-order valence-corrected chi connectivity index (χ0v) is 9.79. The van der Waals surface area contributed by atoms with Crippen molar-refractivity contribution in [2.24, 2.45) is 5.92 Å². The zero-order chi connectivity index (χ0) is 11.7. The molecule has 3 N–H and O–H groups in total. The van der Waals surface area contributed by atoms with Crippen molar-refractivity contribution in [2.75, 3.05) is 5.73 Å². The number of rotatable bonds is 2. The molecular weight excluding hydrogens is 200 g/mol. The summed E-state index contributed by atoms with van der Waals surface area (Å²) in [6.07, 6.45) is 1.92. The third-order valence-electron chi connectivity index (χ3n) is 3.15. The molecule has 2 rings (SSSR count). The molecule has 0 heterocycles. The molecule has 0 unspecified atom stereocenters. The van der Waals surface area contributed by atoms with E-state index in [0.29, 0.717) is 0 Å². The smallest absolute Gasteiger partial charge is 0.223 e. The van der Waals surface area contributed by atoms with Crippen LogP contribution in [-0.4, -0.2) is 5.91 Å². The van der Waals surface area contributed by atoms with Gasteiger partial charge in [-0.25, -0.2) is 0 Å². The number of nitrogen functional groups attached to an aromatic ring is 1. The Labute approximate surface area is 96.0 Å². The molecule has 3 heteroatoms. The number of anilines is 1. The van der Waals surface area contributed by atoms with Crippen LogP contribution in [0.1, 0.15) is 37.4 Å². The van der Waals surface area contributed by atoms with Gasteiger partial charge in [0.25, 0.3) is 0 Å². The van der Waals surface area contributed by atoms with Crippen LogP contribution in [0.3, 0.4) is 0 Å². The van der Waals surface area contributed by atoms with Gasteiger partial charge in [-0.3, -0.25) is 4.79 Å². The van der Waals surface area contributed by atoms with E-state index < -0.39 is 0 Å². The maximum Gasteiger partial charge on any atom is 0.223 e. The molecule has 0 aliphatic heterocycles. The molecule has 0 saturated carbocycles. The zero-order valence-electron chi connectivity index (χ0n) is 9.79. The van der Waals surface area contributed by atoms with E-state index in [1.807, 2.05) is 26.0 Å². The molecular formula is C13H18N2O. The highest BCUT2D eigenvalue weighted by Crippen LogP contribution is 2.34. The van der Waals surface area contributed by atoms with Gasteiger partial charge in [0.2, 0.25) is 5.91 Å². The minimum absolute atomic E-state index is 0.0325. The van der Waals surface area contributed by atoms with E-state index in [2.05, 4.69) is 11.4 Å². The third kappa shape index (κ3) is 1.90. The molecule has 1 aromatic carbocycles. The largest absolute Gasteiger partial charge is 0.398 e. The number of hydrogen-bond acceptors (Lipinski definition) is 2. The molecule has 1 aliphatic rings. The Morgan fingerprint density at radius 3 is 2.94 bits per heavy atom. The van der Waals surface area contributed by atoms with Gasteiger partial charge in [-0.1, -0.05) is 26.0 Å². The molecule has 0 radical (unpaired) electrons.